The van der Waals surface area contributed by atoms with Gasteiger partial charge in [-0.3, -0.25) is 4.79 Å². The highest BCUT2D eigenvalue weighted by Gasteiger charge is 2.32. The summed E-state index contributed by atoms with van der Waals surface area (Å²) < 4.78 is 0. The van der Waals surface area contributed by atoms with Crippen LogP contribution in [-0.4, -0.2) is 16.1 Å². The molecule has 0 amide bonds. The van der Waals surface area contributed by atoms with Crippen molar-refractivity contribution in [2.45, 2.75) is 39.5 Å². The molecule has 0 saturated heterocycles. The quantitative estimate of drug-likeness (QED) is 0.912. The first kappa shape index (κ1) is 13.3. The van der Waals surface area contributed by atoms with Gasteiger partial charge in [0.15, 0.2) is 0 Å². The Morgan fingerprint density at radius 1 is 1.25 bits per heavy atom. The minimum Gasteiger partial charge on any atom is -0.481 e. The van der Waals surface area contributed by atoms with Gasteiger partial charge in [0.25, 0.3) is 0 Å². The van der Waals surface area contributed by atoms with E-state index in [4.69, 9.17) is 0 Å². The first-order valence-electron chi connectivity index (χ1n) is 6.78. The second-order valence-electron chi connectivity index (χ2n) is 5.51. The van der Waals surface area contributed by atoms with Gasteiger partial charge in [-0.2, -0.15) is 0 Å². The fourth-order valence-electron chi connectivity index (χ4n) is 2.77. The number of carboxylic acid groups (broad SMARTS) is 1. The van der Waals surface area contributed by atoms with E-state index in [1.54, 1.807) is 11.3 Å². The third kappa shape index (κ3) is 2.04. The molecule has 3 rings (SSSR count). The Kier molecular flexibility index (Phi) is 3.13. The summed E-state index contributed by atoms with van der Waals surface area (Å²) in [5, 5.41) is 10.2. The molecule has 0 bridgehead atoms. The third-order valence-corrected chi connectivity index (χ3v) is 5.25. The maximum absolute atomic E-state index is 11.2. The molecule has 1 aromatic carbocycles. The van der Waals surface area contributed by atoms with E-state index in [0.29, 0.717) is 6.42 Å². The first-order chi connectivity index (χ1) is 9.47. The number of aromatic nitrogens is 1. The van der Waals surface area contributed by atoms with Crippen molar-refractivity contribution in [1.82, 2.24) is 4.98 Å². The van der Waals surface area contributed by atoms with Gasteiger partial charge in [-0.25, -0.2) is 4.98 Å². The van der Waals surface area contributed by atoms with Crippen molar-refractivity contribution in [1.29, 1.82) is 0 Å². The van der Waals surface area contributed by atoms with Crippen LogP contribution in [-0.2, 0) is 11.2 Å². The summed E-state index contributed by atoms with van der Waals surface area (Å²) in [4.78, 5) is 17.0. The SMILES string of the molecule is Cc1cc(C)c(-c2nc3c(s2)CCC3C(=O)O)cc1C. The Hall–Kier alpha value is -1.68. The van der Waals surface area contributed by atoms with Gasteiger partial charge in [0, 0.05) is 10.4 Å². The maximum atomic E-state index is 11.2. The maximum Gasteiger partial charge on any atom is 0.312 e. The summed E-state index contributed by atoms with van der Waals surface area (Å²) in [7, 11) is 0. The van der Waals surface area contributed by atoms with Gasteiger partial charge >= 0.3 is 5.97 Å². The number of rotatable bonds is 2. The van der Waals surface area contributed by atoms with Crippen molar-refractivity contribution in [2.24, 2.45) is 0 Å². The summed E-state index contributed by atoms with van der Waals surface area (Å²) in [6.07, 6.45) is 1.53. The van der Waals surface area contributed by atoms with Crippen LogP contribution in [0.3, 0.4) is 0 Å². The van der Waals surface area contributed by atoms with E-state index in [2.05, 4.69) is 37.9 Å². The standard InChI is InChI=1S/C16H17NO2S/c1-8-6-10(3)12(7-9(8)2)15-17-14-11(16(18)19)4-5-13(14)20-15/h6-7,11H,4-5H2,1-3H3,(H,18,19). The van der Waals surface area contributed by atoms with E-state index in [0.717, 1.165) is 27.6 Å². The number of aliphatic carboxylic acids is 1. The molecule has 104 valence electrons. The summed E-state index contributed by atoms with van der Waals surface area (Å²) in [6.45, 7) is 6.29. The van der Waals surface area contributed by atoms with E-state index in [9.17, 15) is 9.90 Å². The Bertz CT molecular complexity index is 703. The molecule has 0 fully saturated rings. The summed E-state index contributed by atoms with van der Waals surface area (Å²) >= 11 is 1.65. The van der Waals surface area contributed by atoms with Crippen LogP contribution in [0.2, 0.25) is 0 Å². The van der Waals surface area contributed by atoms with Crippen molar-refractivity contribution in [2.75, 3.05) is 0 Å². The molecule has 1 aliphatic rings. The summed E-state index contributed by atoms with van der Waals surface area (Å²) in [6, 6.07) is 4.33. The number of hydrogen-bond acceptors (Lipinski definition) is 3. The van der Waals surface area contributed by atoms with Crippen molar-refractivity contribution in [3.05, 3.63) is 39.4 Å². The van der Waals surface area contributed by atoms with Crippen LogP contribution in [0.25, 0.3) is 10.6 Å². The normalized spacial score (nSPS) is 17.2. The smallest absolute Gasteiger partial charge is 0.312 e. The van der Waals surface area contributed by atoms with Crippen LogP contribution in [0.5, 0.6) is 0 Å². The molecule has 0 radical (unpaired) electrons. The highest BCUT2D eigenvalue weighted by Crippen LogP contribution is 2.40. The van der Waals surface area contributed by atoms with Crippen molar-refractivity contribution < 1.29 is 9.90 Å². The molecular weight excluding hydrogens is 270 g/mol. The number of fused-ring (bicyclic) bond motifs is 1. The molecule has 0 aliphatic heterocycles. The fourth-order valence-corrected chi connectivity index (χ4v) is 3.99. The monoisotopic (exact) mass is 287 g/mol. The number of benzene rings is 1. The highest BCUT2D eigenvalue weighted by atomic mass is 32.1. The van der Waals surface area contributed by atoms with E-state index in [-0.39, 0.29) is 0 Å². The second kappa shape index (κ2) is 4.70. The van der Waals surface area contributed by atoms with Gasteiger partial charge < -0.3 is 5.11 Å². The lowest BCUT2D eigenvalue weighted by molar-refractivity contribution is -0.138. The number of aryl methyl sites for hydroxylation is 4. The average molecular weight is 287 g/mol. The number of hydrogen-bond donors (Lipinski definition) is 1. The highest BCUT2D eigenvalue weighted by molar-refractivity contribution is 7.15. The summed E-state index contributed by atoms with van der Waals surface area (Å²) in [5.41, 5.74) is 5.65. The molecule has 3 nitrogen and oxygen atoms in total. The minimum atomic E-state index is -0.752. The van der Waals surface area contributed by atoms with Crippen molar-refractivity contribution in [3.8, 4) is 10.6 Å². The zero-order valence-corrected chi connectivity index (χ0v) is 12.7. The lowest BCUT2D eigenvalue weighted by atomic mass is 10.0. The Morgan fingerprint density at radius 3 is 2.65 bits per heavy atom. The number of carboxylic acids is 1. The van der Waals surface area contributed by atoms with Crippen LogP contribution in [0, 0.1) is 20.8 Å². The number of carbonyl (C=O) groups is 1. The Labute approximate surface area is 122 Å². The molecule has 2 aromatic rings. The van der Waals surface area contributed by atoms with Gasteiger partial charge in [-0.1, -0.05) is 6.07 Å². The van der Waals surface area contributed by atoms with Gasteiger partial charge in [0.2, 0.25) is 0 Å². The zero-order valence-electron chi connectivity index (χ0n) is 11.9. The lowest BCUT2D eigenvalue weighted by Gasteiger charge is -2.08. The van der Waals surface area contributed by atoms with Gasteiger partial charge in [0.05, 0.1) is 5.69 Å². The summed E-state index contributed by atoms with van der Waals surface area (Å²) in [5.74, 6) is -1.17. The molecule has 1 unspecified atom stereocenters. The molecule has 1 aliphatic carbocycles. The minimum absolute atomic E-state index is 0.415. The Morgan fingerprint density at radius 2 is 1.95 bits per heavy atom. The van der Waals surface area contributed by atoms with Crippen LogP contribution >= 0.6 is 11.3 Å². The van der Waals surface area contributed by atoms with E-state index >= 15 is 0 Å². The molecule has 1 aromatic heterocycles. The Balaban J connectivity index is 2.08. The van der Waals surface area contributed by atoms with Crippen LogP contribution < -0.4 is 0 Å². The molecule has 1 heterocycles. The first-order valence-corrected chi connectivity index (χ1v) is 7.59. The molecule has 1 N–H and O–H groups in total. The molecule has 1 atom stereocenters. The van der Waals surface area contributed by atoms with Crippen LogP contribution in [0.4, 0.5) is 0 Å². The predicted molar refractivity (Wildman–Crippen MR) is 80.5 cm³/mol. The molecular formula is C16H17NO2S. The molecule has 0 spiro atoms. The van der Waals surface area contributed by atoms with Crippen LogP contribution in [0.1, 0.15) is 39.6 Å². The van der Waals surface area contributed by atoms with Gasteiger partial charge in [-0.05, 0) is 56.4 Å². The van der Waals surface area contributed by atoms with Crippen LogP contribution in [0.15, 0.2) is 12.1 Å². The predicted octanol–water partition coefficient (Wildman–Crippen LogP) is 3.85. The third-order valence-electron chi connectivity index (χ3n) is 4.09. The topological polar surface area (TPSA) is 50.2 Å². The number of thiazole rings is 1. The average Bonchev–Trinajstić information content (AvgIpc) is 2.92. The van der Waals surface area contributed by atoms with E-state index < -0.39 is 11.9 Å². The van der Waals surface area contributed by atoms with E-state index in [1.807, 2.05) is 0 Å². The molecule has 4 heteroatoms. The zero-order chi connectivity index (χ0) is 14.4. The van der Waals surface area contributed by atoms with E-state index in [1.165, 1.54) is 16.7 Å². The van der Waals surface area contributed by atoms with Gasteiger partial charge in [-0.15, -0.1) is 11.3 Å². The van der Waals surface area contributed by atoms with Crippen molar-refractivity contribution in [3.63, 3.8) is 0 Å². The number of nitrogens with zero attached hydrogens (tertiary/aromatic N) is 1. The van der Waals surface area contributed by atoms with Gasteiger partial charge in [0.1, 0.15) is 10.9 Å². The fraction of sp³-hybridized carbons (Fsp3) is 0.375. The molecule has 0 saturated carbocycles. The molecule has 20 heavy (non-hydrogen) atoms. The lowest BCUT2D eigenvalue weighted by Crippen LogP contribution is -2.08. The second-order valence-corrected chi connectivity index (χ2v) is 6.59. The van der Waals surface area contributed by atoms with Crippen molar-refractivity contribution >= 4 is 17.3 Å². The largest absolute Gasteiger partial charge is 0.481 e.